The summed E-state index contributed by atoms with van der Waals surface area (Å²) in [5.41, 5.74) is 6.67. The Balaban J connectivity index is 1.21. The quantitative estimate of drug-likeness (QED) is 0.0135. The van der Waals surface area contributed by atoms with Gasteiger partial charge in [-0.25, -0.2) is 13.6 Å². The van der Waals surface area contributed by atoms with Crippen LogP contribution >= 0.6 is 23.5 Å². The van der Waals surface area contributed by atoms with E-state index in [1.807, 2.05) is 55.7 Å². The van der Waals surface area contributed by atoms with Gasteiger partial charge in [0, 0.05) is 61.4 Å². The van der Waals surface area contributed by atoms with Gasteiger partial charge < -0.3 is 52.0 Å². The normalized spacial score (nSPS) is 16.0. The fraction of sp³-hybridized carbons (Fsp3) is 0.587. The Kier molecular flexibility index (Phi) is 30.1. The van der Waals surface area contributed by atoms with Crippen LogP contribution in [0.5, 0.6) is 0 Å². The molecule has 1 unspecified atom stereocenters. The maximum atomic E-state index is 15.5. The number of aromatic nitrogens is 1. The second-order valence-electron chi connectivity index (χ2n) is 25.1. The molecule has 27 heteroatoms. The van der Waals surface area contributed by atoms with Crippen molar-refractivity contribution in [3.05, 3.63) is 83.7 Å². The topological polar surface area (TPSA) is 309 Å². The van der Waals surface area contributed by atoms with E-state index < -0.39 is 104 Å². The smallest absolute Gasteiger partial charge is 0.328 e. The Morgan fingerprint density at radius 1 is 0.789 bits per heavy atom. The first-order valence-electron chi connectivity index (χ1n) is 30.7. The molecule has 496 valence electrons. The number of nitrogens with zero attached hydrogens (tertiary/aromatic N) is 3. The number of halogens is 3. The number of thioether (sulfide) groups is 2. The van der Waals surface area contributed by atoms with Crippen LogP contribution in [0.15, 0.2) is 60.8 Å². The number of rotatable bonds is 38. The summed E-state index contributed by atoms with van der Waals surface area (Å²) in [4.78, 5) is 133. The van der Waals surface area contributed by atoms with E-state index in [0.29, 0.717) is 55.8 Å². The van der Waals surface area contributed by atoms with Gasteiger partial charge in [0.1, 0.15) is 35.8 Å². The van der Waals surface area contributed by atoms with Crippen molar-refractivity contribution in [2.75, 3.05) is 55.8 Å². The van der Waals surface area contributed by atoms with Crippen molar-refractivity contribution in [1.82, 2.24) is 41.0 Å². The minimum atomic E-state index is -1.45. The molecule has 5 rings (SSSR count). The SMILES string of the molecule is CC(C)[C@H](NC(=O)CCCCCN1C(=O)CC([C](C)(C)[Al]2[CH2][I-][CH2]2)C1=O)C(=O)N[C@@H](C)C(=O)NCCCN(C(=O)CSCCC(=O)N[C@H](CNC(=O)CSCCC[C@H](N)C(=O)O)C(=O)O)[C@@H](c1cc(-c2cc(F)ccc2F)cn1Cc1ccccc1)C(C)(C)C. The molecule has 0 saturated carbocycles. The summed E-state index contributed by atoms with van der Waals surface area (Å²) >= 11 is 1.63. The van der Waals surface area contributed by atoms with Crippen molar-refractivity contribution >= 4 is 96.9 Å². The van der Waals surface area contributed by atoms with Crippen LogP contribution in [0.4, 0.5) is 8.78 Å². The molecular formula is C63H90AlF2IN9O12S2-. The summed E-state index contributed by atoms with van der Waals surface area (Å²) in [6.45, 7) is 15.6. The molecule has 2 fully saturated rings. The Morgan fingerprint density at radius 2 is 1.48 bits per heavy atom. The minimum absolute atomic E-state index is 0.0183. The van der Waals surface area contributed by atoms with Crippen molar-refractivity contribution in [1.29, 1.82) is 0 Å². The average Bonchev–Trinajstić information content (AvgIpc) is 1.60. The molecule has 2 aromatic carbocycles. The van der Waals surface area contributed by atoms with Crippen LogP contribution in [0.2, 0.25) is 4.28 Å². The molecule has 0 aliphatic carbocycles. The van der Waals surface area contributed by atoms with Crippen LogP contribution in [0, 0.1) is 28.9 Å². The Bertz CT molecular complexity index is 2990. The van der Waals surface area contributed by atoms with Gasteiger partial charge in [-0.05, 0) is 73.1 Å². The van der Waals surface area contributed by atoms with Gasteiger partial charge in [0.25, 0.3) is 0 Å². The van der Waals surface area contributed by atoms with E-state index in [-0.39, 0.29) is 129 Å². The maximum absolute atomic E-state index is 15.5. The Hall–Kier alpha value is -5.60. The van der Waals surface area contributed by atoms with Crippen molar-refractivity contribution in [2.24, 2.45) is 23.0 Å². The summed E-state index contributed by atoms with van der Waals surface area (Å²) < 4.78 is 34.7. The molecule has 2 aliphatic heterocycles. The van der Waals surface area contributed by atoms with E-state index in [4.69, 9.17) is 10.8 Å². The van der Waals surface area contributed by atoms with Crippen LogP contribution in [0.1, 0.15) is 130 Å². The summed E-state index contributed by atoms with van der Waals surface area (Å²) in [5, 5.41) is 32.1. The number of carbonyl (C=O) groups excluding carboxylic acids is 8. The van der Waals surface area contributed by atoms with Gasteiger partial charge in [0.2, 0.25) is 29.5 Å². The first kappa shape index (κ1) is 75.1. The summed E-state index contributed by atoms with van der Waals surface area (Å²) in [7, 11) is 0. The number of benzene rings is 2. The van der Waals surface area contributed by atoms with E-state index >= 15 is 4.39 Å². The van der Waals surface area contributed by atoms with Gasteiger partial charge in [0.15, 0.2) is 0 Å². The van der Waals surface area contributed by atoms with E-state index in [1.165, 1.54) is 30.2 Å². The third kappa shape index (κ3) is 22.9. The third-order valence-electron chi connectivity index (χ3n) is 16.3. The fourth-order valence-electron chi connectivity index (χ4n) is 10.7. The number of alkyl halides is 2. The molecular weight excluding hydrogens is 1330 g/mol. The van der Waals surface area contributed by atoms with E-state index in [2.05, 4.69) is 40.4 Å². The number of imide groups is 1. The van der Waals surface area contributed by atoms with Crippen LogP contribution in [-0.2, 0) is 54.5 Å². The average molecular weight is 1420 g/mol. The number of hydrogen-bond acceptors (Lipinski definition) is 13. The van der Waals surface area contributed by atoms with Crippen molar-refractivity contribution < 1.29 is 88.1 Å². The van der Waals surface area contributed by atoms with Crippen LogP contribution in [0.3, 0.4) is 0 Å². The molecule has 9 N–H and O–H groups in total. The predicted octanol–water partition coefficient (Wildman–Crippen LogP) is 2.67. The summed E-state index contributed by atoms with van der Waals surface area (Å²) in [6, 6.07) is 9.22. The molecule has 3 heterocycles. The fourth-order valence-corrected chi connectivity index (χ4v) is 25.0. The van der Waals surface area contributed by atoms with E-state index in [0.717, 1.165) is 35.5 Å². The molecule has 8 amide bonds. The largest absolute Gasteiger partial charge is 0.480 e. The molecule has 6 atom stereocenters. The second kappa shape index (κ2) is 36.0. The zero-order chi connectivity index (χ0) is 66.5. The van der Waals surface area contributed by atoms with Crippen LogP contribution in [0.25, 0.3) is 11.1 Å². The number of carboxylic acids is 2. The van der Waals surface area contributed by atoms with E-state index in [1.54, 1.807) is 31.0 Å². The number of carboxylic acid groups (broad SMARTS) is 2. The minimum Gasteiger partial charge on any atom is -0.480 e. The summed E-state index contributed by atoms with van der Waals surface area (Å²) in [6.07, 6.45) is 4.48. The first-order valence-corrected chi connectivity index (χ1v) is 38.2. The van der Waals surface area contributed by atoms with Crippen LogP contribution in [-0.4, -0.2) is 178 Å². The molecule has 0 radical (unpaired) electrons. The second-order valence-corrected chi connectivity index (χ2v) is 37.2. The summed E-state index contributed by atoms with van der Waals surface area (Å²) in [5.74, 6) is -7.07. The van der Waals surface area contributed by atoms with Gasteiger partial charge >= 0.3 is 149 Å². The Labute approximate surface area is 550 Å². The zero-order valence-corrected chi connectivity index (χ0v) is 57.8. The Morgan fingerprint density at radius 3 is 2.12 bits per heavy atom. The molecule has 1 aromatic heterocycles. The molecule has 2 aliphatic rings. The number of nitrogens with two attached hydrogens (primary N) is 1. The van der Waals surface area contributed by atoms with E-state index in [9.17, 15) is 57.4 Å². The monoisotopic (exact) mass is 1420 g/mol. The van der Waals surface area contributed by atoms with Crippen molar-refractivity contribution in [2.45, 2.75) is 154 Å². The molecule has 3 aromatic rings. The number of nitrogens with one attached hydrogen (secondary N) is 5. The van der Waals surface area contributed by atoms with Gasteiger partial charge in [-0.15, -0.1) is 0 Å². The number of carbonyl (C=O) groups is 10. The molecule has 0 spiro atoms. The third-order valence-corrected chi connectivity index (χ3v) is 32.0. The number of likely N-dealkylation sites (tertiary alicyclic amines) is 1. The molecule has 21 nitrogen and oxygen atoms in total. The van der Waals surface area contributed by atoms with Crippen LogP contribution < -0.4 is 53.5 Å². The number of aliphatic carboxylic acids is 2. The zero-order valence-electron chi connectivity index (χ0n) is 52.9. The standard InChI is InChI=1S/C61H86F2N9O12S2.C2H4I.Al/c1-37(2)43-31-52(76)72(58(43)80)25-14-10-13-20-49(73)69-54(38(3)4)57(79)67-39(5)56(78)65-24-16-26-71(53(77)36-86-28-23-50(74)68-47(60(83)84)32-66-51(75)35-85-27-15-19-46(64)59(81)82)55(61(6,7)8)48-29-41(44-30-42(62)21-22-45(44)63)34-70(48)33-40-17-11-9-12-18-40;1-3-2;/h9,11-12,17-18,21-22,29-30,34,38-39,43,46-47,54-55H,10,13-16,19-20,23-28,31-33,35-36,64H2,1-8H3,(H,65,78)(H,66,75)(H,67,79)(H,68,74)(H,69,73)(H,81,82)(H,83,84);1-2H2;/q;-1;/t39-,43?,46-,47+,54-,55-;;/m0../s1. The van der Waals surface area contributed by atoms with Crippen molar-refractivity contribution in [3.8, 4) is 11.1 Å². The van der Waals surface area contributed by atoms with Crippen molar-refractivity contribution in [3.63, 3.8) is 0 Å². The number of hydrogen-bond donors (Lipinski definition) is 8. The molecule has 0 bridgehead atoms. The van der Waals surface area contributed by atoms with Gasteiger partial charge in [-0.3, -0.25) is 33.6 Å². The number of amides is 8. The van der Waals surface area contributed by atoms with Gasteiger partial charge in [-0.2, -0.15) is 23.5 Å². The molecule has 90 heavy (non-hydrogen) atoms. The number of unbranched alkanes of at least 4 members (excludes halogenated alkanes) is 2. The first-order chi connectivity index (χ1) is 42.5. The van der Waals surface area contributed by atoms with Gasteiger partial charge in [-0.1, -0.05) is 65.0 Å². The maximum Gasteiger partial charge on any atom is 0.328 e. The van der Waals surface area contributed by atoms with Gasteiger partial charge in [0.05, 0.1) is 17.5 Å². The molecule has 2 saturated heterocycles. The predicted molar refractivity (Wildman–Crippen MR) is 341 cm³/mol.